The van der Waals surface area contributed by atoms with Crippen LogP contribution in [0, 0.1) is 0 Å². The van der Waals surface area contributed by atoms with Gasteiger partial charge in [-0.05, 0) is 72.3 Å². The third-order valence-electron chi connectivity index (χ3n) is 3.09. The average molecular weight is 278 g/mol. The zero-order chi connectivity index (χ0) is 14.8. The molecule has 0 saturated heterocycles. The van der Waals surface area contributed by atoms with E-state index in [-0.39, 0.29) is 0 Å². The molecular weight excluding hydrogens is 248 g/mol. The van der Waals surface area contributed by atoms with Crippen molar-refractivity contribution in [2.45, 2.75) is 12.8 Å². The molecule has 0 radical (unpaired) electrons. The number of anilines is 2. The van der Waals surface area contributed by atoms with Gasteiger partial charge in [0.15, 0.2) is 0 Å². The molecule has 1 aromatic carbocycles. The summed E-state index contributed by atoms with van der Waals surface area (Å²) in [5, 5.41) is 6.95. The maximum atomic E-state index is 3.47. The van der Waals surface area contributed by atoms with Crippen molar-refractivity contribution >= 4 is 11.4 Å². The summed E-state index contributed by atoms with van der Waals surface area (Å²) in [4.78, 5) is 4.43. The van der Waals surface area contributed by atoms with Gasteiger partial charge in [0.2, 0.25) is 0 Å². The first-order valence-electron chi connectivity index (χ1n) is 7.45. The lowest BCUT2D eigenvalue weighted by atomic mass is 10.2. The second-order valence-corrected chi connectivity index (χ2v) is 5.75. The summed E-state index contributed by atoms with van der Waals surface area (Å²) in [6.07, 6.45) is 2.32. The number of nitrogens with zero attached hydrogens (tertiary/aromatic N) is 2. The van der Waals surface area contributed by atoms with E-state index in [1.807, 2.05) is 0 Å². The first-order chi connectivity index (χ1) is 9.58. The third kappa shape index (κ3) is 8.02. The number of rotatable bonds is 10. The van der Waals surface area contributed by atoms with Gasteiger partial charge in [-0.2, -0.15) is 0 Å². The lowest BCUT2D eigenvalue weighted by Gasteiger charge is -2.13. The molecule has 0 aliphatic carbocycles. The van der Waals surface area contributed by atoms with Gasteiger partial charge in [0.05, 0.1) is 0 Å². The molecule has 4 heteroatoms. The van der Waals surface area contributed by atoms with Crippen molar-refractivity contribution in [1.82, 2.24) is 9.80 Å². The average Bonchev–Trinajstić information content (AvgIpc) is 2.40. The van der Waals surface area contributed by atoms with Crippen LogP contribution in [-0.4, -0.2) is 64.2 Å². The lowest BCUT2D eigenvalue weighted by molar-refractivity contribution is 0.405. The molecule has 0 fully saturated rings. The molecule has 0 unspecified atom stereocenters. The van der Waals surface area contributed by atoms with Crippen LogP contribution >= 0.6 is 0 Å². The minimum absolute atomic E-state index is 1.02. The monoisotopic (exact) mass is 278 g/mol. The van der Waals surface area contributed by atoms with Gasteiger partial charge in [-0.25, -0.2) is 0 Å². The van der Waals surface area contributed by atoms with Gasteiger partial charge in [-0.15, -0.1) is 0 Å². The van der Waals surface area contributed by atoms with Crippen LogP contribution in [0.25, 0.3) is 0 Å². The van der Waals surface area contributed by atoms with Crippen LogP contribution in [0.4, 0.5) is 11.4 Å². The molecule has 4 nitrogen and oxygen atoms in total. The molecule has 0 aromatic heterocycles. The molecule has 0 amide bonds. The van der Waals surface area contributed by atoms with E-state index in [0.717, 1.165) is 39.0 Å². The maximum Gasteiger partial charge on any atom is 0.0360 e. The molecule has 2 N–H and O–H groups in total. The van der Waals surface area contributed by atoms with E-state index in [0.29, 0.717) is 0 Å². The summed E-state index contributed by atoms with van der Waals surface area (Å²) in [6, 6.07) is 8.54. The Morgan fingerprint density at radius 2 is 1.25 bits per heavy atom. The first-order valence-corrected chi connectivity index (χ1v) is 7.45. The van der Waals surface area contributed by atoms with E-state index in [1.54, 1.807) is 0 Å². The second-order valence-electron chi connectivity index (χ2n) is 5.75. The van der Waals surface area contributed by atoms with Crippen LogP contribution in [0.15, 0.2) is 24.3 Å². The van der Waals surface area contributed by atoms with Gasteiger partial charge >= 0.3 is 0 Å². The molecule has 0 bridgehead atoms. The van der Waals surface area contributed by atoms with Crippen LogP contribution < -0.4 is 10.6 Å². The summed E-state index contributed by atoms with van der Waals surface area (Å²) < 4.78 is 0. The fourth-order valence-electron chi connectivity index (χ4n) is 2.00. The summed E-state index contributed by atoms with van der Waals surface area (Å²) in [7, 11) is 8.44. The molecule has 20 heavy (non-hydrogen) atoms. The largest absolute Gasteiger partial charge is 0.385 e. The minimum Gasteiger partial charge on any atom is -0.385 e. The molecule has 0 heterocycles. The number of benzene rings is 1. The van der Waals surface area contributed by atoms with Gasteiger partial charge in [0.25, 0.3) is 0 Å². The minimum atomic E-state index is 1.02. The van der Waals surface area contributed by atoms with Crippen molar-refractivity contribution in [3.05, 3.63) is 24.3 Å². The van der Waals surface area contributed by atoms with Crippen LogP contribution in [0.1, 0.15) is 12.8 Å². The molecule has 0 aliphatic rings. The van der Waals surface area contributed by atoms with E-state index in [1.165, 1.54) is 11.4 Å². The number of hydrogen-bond acceptors (Lipinski definition) is 4. The Bertz CT molecular complexity index is 332. The number of hydrogen-bond donors (Lipinski definition) is 2. The van der Waals surface area contributed by atoms with Crippen molar-refractivity contribution < 1.29 is 0 Å². The maximum absolute atomic E-state index is 3.47. The summed E-state index contributed by atoms with van der Waals surface area (Å²) in [5.41, 5.74) is 2.39. The van der Waals surface area contributed by atoms with Crippen molar-refractivity contribution in [3.63, 3.8) is 0 Å². The van der Waals surface area contributed by atoms with Crippen molar-refractivity contribution in [1.29, 1.82) is 0 Å². The van der Waals surface area contributed by atoms with E-state index < -0.39 is 0 Å². The highest BCUT2D eigenvalue weighted by atomic mass is 15.1. The fraction of sp³-hybridized carbons (Fsp3) is 0.625. The van der Waals surface area contributed by atoms with Gasteiger partial charge in [-0.3, -0.25) is 0 Å². The molecule has 0 saturated carbocycles. The quantitative estimate of drug-likeness (QED) is 0.644. The van der Waals surface area contributed by atoms with Crippen LogP contribution in [-0.2, 0) is 0 Å². The fourth-order valence-corrected chi connectivity index (χ4v) is 2.00. The molecule has 1 rings (SSSR count). The zero-order valence-electron chi connectivity index (χ0n) is 13.4. The van der Waals surface area contributed by atoms with E-state index in [2.05, 4.69) is 72.9 Å². The summed E-state index contributed by atoms with van der Waals surface area (Å²) in [5.74, 6) is 0. The predicted octanol–water partition coefficient (Wildman–Crippen LogP) is 2.41. The zero-order valence-corrected chi connectivity index (χ0v) is 13.4. The topological polar surface area (TPSA) is 30.5 Å². The Hall–Kier alpha value is -1.26. The smallest absolute Gasteiger partial charge is 0.0360 e. The Balaban J connectivity index is 2.26. The SMILES string of the molecule is CN(C)CCCNc1cccc(NCCCN(C)C)c1. The highest BCUT2D eigenvalue weighted by Crippen LogP contribution is 2.14. The number of nitrogens with one attached hydrogen (secondary N) is 2. The van der Waals surface area contributed by atoms with Gasteiger partial charge in [-0.1, -0.05) is 6.07 Å². The van der Waals surface area contributed by atoms with Crippen molar-refractivity contribution in [2.24, 2.45) is 0 Å². The normalized spacial score (nSPS) is 11.1. The van der Waals surface area contributed by atoms with E-state index in [9.17, 15) is 0 Å². The van der Waals surface area contributed by atoms with E-state index >= 15 is 0 Å². The lowest BCUT2D eigenvalue weighted by Crippen LogP contribution is -2.17. The summed E-state index contributed by atoms with van der Waals surface area (Å²) >= 11 is 0. The molecule has 1 aromatic rings. The standard InChI is InChI=1S/C16H30N4/c1-19(2)12-6-10-17-15-8-5-9-16(14-15)18-11-7-13-20(3)4/h5,8-9,14,17-18H,6-7,10-13H2,1-4H3. The third-order valence-corrected chi connectivity index (χ3v) is 3.09. The first kappa shape index (κ1) is 16.8. The van der Waals surface area contributed by atoms with Gasteiger partial charge in [0, 0.05) is 24.5 Å². The van der Waals surface area contributed by atoms with Crippen LogP contribution in [0.5, 0.6) is 0 Å². The highest BCUT2D eigenvalue weighted by Gasteiger charge is 1.97. The Kier molecular flexibility index (Phi) is 8.07. The van der Waals surface area contributed by atoms with Crippen LogP contribution in [0.2, 0.25) is 0 Å². The molecular formula is C16H30N4. The highest BCUT2D eigenvalue weighted by molar-refractivity contribution is 5.56. The van der Waals surface area contributed by atoms with Crippen LogP contribution in [0.3, 0.4) is 0 Å². The summed E-state index contributed by atoms with van der Waals surface area (Å²) in [6.45, 7) is 4.27. The van der Waals surface area contributed by atoms with Crippen molar-refractivity contribution in [2.75, 3.05) is 65.0 Å². The second kappa shape index (κ2) is 9.61. The molecule has 0 atom stereocenters. The van der Waals surface area contributed by atoms with Gasteiger partial charge < -0.3 is 20.4 Å². The Morgan fingerprint density at radius 3 is 1.65 bits per heavy atom. The predicted molar refractivity (Wildman–Crippen MR) is 89.8 cm³/mol. The molecule has 0 spiro atoms. The Morgan fingerprint density at radius 1 is 0.800 bits per heavy atom. The molecule has 0 aliphatic heterocycles. The van der Waals surface area contributed by atoms with Crippen molar-refractivity contribution in [3.8, 4) is 0 Å². The Labute approximate surface area is 124 Å². The molecule has 114 valence electrons. The van der Waals surface area contributed by atoms with E-state index in [4.69, 9.17) is 0 Å². The van der Waals surface area contributed by atoms with Gasteiger partial charge in [0.1, 0.15) is 0 Å².